The molecule has 1 aliphatic rings. The summed E-state index contributed by atoms with van der Waals surface area (Å²) >= 11 is 0. The van der Waals surface area contributed by atoms with Gasteiger partial charge in [0.05, 0.1) is 19.2 Å². The fourth-order valence-corrected chi connectivity index (χ4v) is 3.13. The summed E-state index contributed by atoms with van der Waals surface area (Å²) in [7, 11) is 1.60. The summed E-state index contributed by atoms with van der Waals surface area (Å²) < 4.78 is 11.3. The Bertz CT molecular complexity index is 958. The van der Waals surface area contributed by atoms with Crippen molar-refractivity contribution in [1.29, 1.82) is 0 Å². The average Bonchev–Trinajstić information content (AvgIpc) is 3.11. The van der Waals surface area contributed by atoms with Crippen LogP contribution in [0.4, 0.5) is 0 Å². The van der Waals surface area contributed by atoms with Crippen molar-refractivity contribution in [1.82, 2.24) is 15.3 Å². The topological polar surface area (TPSA) is 73.3 Å². The van der Waals surface area contributed by atoms with Crippen LogP contribution in [0.2, 0.25) is 0 Å². The largest absolute Gasteiger partial charge is 0.492 e. The molecule has 3 aromatic rings. The lowest BCUT2D eigenvalue weighted by molar-refractivity contribution is -0.119. The lowest BCUT2D eigenvalue weighted by atomic mass is 10.0. The maximum Gasteiger partial charge on any atom is 0.220 e. The number of rotatable bonds is 5. The van der Waals surface area contributed by atoms with Crippen molar-refractivity contribution in [2.24, 2.45) is 5.92 Å². The molecule has 4 rings (SSSR count). The summed E-state index contributed by atoms with van der Waals surface area (Å²) in [4.78, 5) is 20.0. The van der Waals surface area contributed by atoms with Gasteiger partial charge in [0.2, 0.25) is 11.8 Å². The first-order valence-corrected chi connectivity index (χ1v) is 8.51. The second-order valence-corrected chi connectivity index (χ2v) is 6.32. The van der Waals surface area contributed by atoms with Crippen LogP contribution in [0.5, 0.6) is 11.6 Å². The van der Waals surface area contributed by atoms with Crippen LogP contribution >= 0.6 is 0 Å². The van der Waals surface area contributed by atoms with Crippen molar-refractivity contribution < 1.29 is 14.3 Å². The second-order valence-electron chi connectivity index (χ2n) is 6.32. The molecule has 1 amide bonds. The van der Waals surface area contributed by atoms with Crippen LogP contribution < -0.4 is 14.8 Å². The average molecular weight is 349 g/mol. The fourth-order valence-electron chi connectivity index (χ4n) is 3.13. The Morgan fingerprint density at radius 2 is 2.08 bits per heavy atom. The van der Waals surface area contributed by atoms with Gasteiger partial charge in [-0.05, 0) is 41.5 Å². The number of ether oxygens (including phenoxy) is 2. The zero-order valence-electron chi connectivity index (χ0n) is 14.4. The molecule has 1 fully saturated rings. The molecule has 3 heterocycles. The number of benzene rings is 1. The molecule has 0 saturated carbocycles. The molecule has 6 heteroatoms. The van der Waals surface area contributed by atoms with E-state index in [1.54, 1.807) is 19.5 Å². The summed E-state index contributed by atoms with van der Waals surface area (Å²) in [6.45, 7) is 1.15. The Kier molecular flexibility index (Phi) is 4.39. The normalized spacial score (nSPS) is 16.5. The molecule has 26 heavy (non-hydrogen) atoms. The number of methoxy groups -OCH3 is 1. The van der Waals surface area contributed by atoms with Gasteiger partial charge in [-0.15, -0.1) is 0 Å². The minimum atomic E-state index is 0.0859. The molecular weight excluding hydrogens is 330 g/mol. The molecule has 1 saturated heterocycles. The van der Waals surface area contributed by atoms with Crippen molar-refractivity contribution in [3.05, 3.63) is 48.8 Å². The van der Waals surface area contributed by atoms with Crippen molar-refractivity contribution in [3.63, 3.8) is 0 Å². The highest BCUT2D eigenvalue weighted by Crippen LogP contribution is 2.33. The molecule has 0 radical (unpaired) electrons. The van der Waals surface area contributed by atoms with E-state index in [9.17, 15) is 4.79 Å². The summed E-state index contributed by atoms with van der Waals surface area (Å²) in [6, 6.07) is 11.7. The van der Waals surface area contributed by atoms with E-state index in [0.29, 0.717) is 25.5 Å². The smallest absolute Gasteiger partial charge is 0.220 e. The highest BCUT2D eigenvalue weighted by Gasteiger charge is 2.22. The second kappa shape index (κ2) is 7.00. The third-order valence-corrected chi connectivity index (χ3v) is 4.50. The lowest BCUT2D eigenvalue weighted by Gasteiger charge is -2.14. The quantitative estimate of drug-likeness (QED) is 0.767. The van der Waals surface area contributed by atoms with Crippen LogP contribution in [-0.4, -0.2) is 36.1 Å². The summed E-state index contributed by atoms with van der Waals surface area (Å²) in [5.74, 6) is 1.60. The first-order valence-electron chi connectivity index (χ1n) is 8.51. The molecule has 1 aromatic carbocycles. The maximum absolute atomic E-state index is 11.4. The predicted molar refractivity (Wildman–Crippen MR) is 98.1 cm³/mol. The Balaban J connectivity index is 1.69. The van der Waals surface area contributed by atoms with Crippen molar-refractivity contribution in [2.75, 3.05) is 20.3 Å². The lowest BCUT2D eigenvalue weighted by Crippen LogP contribution is -2.16. The van der Waals surface area contributed by atoms with Gasteiger partial charge in [0.25, 0.3) is 0 Å². The SMILES string of the molecule is COc1cc(-c2cc(OC[C@H]3CNC(=O)C3)c3cccnc3c2)ccn1. The van der Waals surface area contributed by atoms with Gasteiger partial charge in [0.1, 0.15) is 5.75 Å². The van der Waals surface area contributed by atoms with Gasteiger partial charge in [0, 0.05) is 42.7 Å². The molecule has 132 valence electrons. The van der Waals surface area contributed by atoms with E-state index in [4.69, 9.17) is 9.47 Å². The Hall–Kier alpha value is -3.15. The van der Waals surface area contributed by atoms with Crippen molar-refractivity contribution >= 4 is 16.8 Å². The van der Waals surface area contributed by atoms with E-state index < -0.39 is 0 Å². The standard InChI is InChI=1S/C20H19N3O3/c1-25-20-10-14(4-6-22-20)15-8-17-16(3-2-5-21-17)18(9-15)26-12-13-7-19(24)23-11-13/h2-6,8-10,13H,7,11-12H2,1H3,(H,23,24)/t13-/m1/s1. The Labute approximate surface area is 151 Å². The number of aromatic nitrogens is 2. The molecule has 2 aromatic heterocycles. The molecule has 0 bridgehead atoms. The van der Waals surface area contributed by atoms with Crippen LogP contribution in [0.15, 0.2) is 48.8 Å². The van der Waals surface area contributed by atoms with Gasteiger partial charge in [-0.2, -0.15) is 0 Å². The van der Waals surface area contributed by atoms with E-state index in [2.05, 4.69) is 15.3 Å². The number of amides is 1. The monoisotopic (exact) mass is 349 g/mol. The minimum absolute atomic E-state index is 0.0859. The highest BCUT2D eigenvalue weighted by molar-refractivity contribution is 5.90. The van der Waals surface area contributed by atoms with E-state index >= 15 is 0 Å². The fraction of sp³-hybridized carbons (Fsp3) is 0.250. The number of fused-ring (bicyclic) bond motifs is 1. The number of pyridine rings is 2. The van der Waals surface area contributed by atoms with Crippen molar-refractivity contribution in [3.8, 4) is 22.8 Å². The number of nitrogens with zero attached hydrogens (tertiary/aromatic N) is 2. The third-order valence-electron chi connectivity index (χ3n) is 4.50. The number of hydrogen-bond acceptors (Lipinski definition) is 5. The number of hydrogen-bond donors (Lipinski definition) is 1. The van der Waals surface area contributed by atoms with Gasteiger partial charge in [0.15, 0.2) is 0 Å². The Morgan fingerprint density at radius 1 is 1.15 bits per heavy atom. The van der Waals surface area contributed by atoms with E-state index in [-0.39, 0.29) is 11.8 Å². The molecule has 1 atom stereocenters. The van der Waals surface area contributed by atoms with Gasteiger partial charge in [-0.25, -0.2) is 4.98 Å². The number of carbonyl (C=O) groups is 1. The molecule has 6 nitrogen and oxygen atoms in total. The molecule has 1 N–H and O–H groups in total. The summed E-state index contributed by atoms with van der Waals surface area (Å²) in [5, 5.41) is 3.79. The van der Waals surface area contributed by atoms with Gasteiger partial charge >= 0.3 is 0 Å². The first kappa shape index (κ1) is 16.3. The molecule has 1 aliphatic heterocycles. The maximum atomic E-state index is 11.4. The van der Waals surface area contributed by atoms with E-state index in [0.717, 1.165) is 27.8 Å². The number of carbonyl (C=O) groups excluding carboxylic acids is 1. The highest BCUT2D eigenvalue weighted by atomic mass is 16.5. The van der Waals surface area contributed by atoms with E-state index in [1.807, 2.05) is 36.4 Å². The summed E-state index contributed by atoms with van der Waals surface area (Å²) in [6.07, 6.45) is 3.99. The molecular formula is C20H19N3O3. The van der Waals surface area contributed by atoms with Gasteiger partial charge in [-0.1, -0.05) is 0 Å². The van der Waals surface area contributed by atoms with Crippen LogP contribution in [0.1, 0.15) is 6.42 Å². The molecule has 0 spiro atoms. The van der Waals surface area contributed by atoms with Crippen LogP contribution in [0, 0.1) is 5.92 Å². The number of nitrogens with one attached hydrogen (secondary N) is 1. The predicted octanol–water partition coefficient (Wildman–Crippen LogP) is 2.82. The van der Waals surface area contributed by atoms with Gasteiger partial charge < -0.3 is 14.8 Å². The van der Waals surface area contributed by atoms with Gasteiger partial charge in [-0.3, -0.25) is 9.78 Å². The molecule has 0 unspecified atom stereocenters. The third kappa shape index (κ3) is 3.31. The van der Waals surface area contributed by atoms with E-state index in [1.165, 1.54) is 0 Å². The van der Waals surface area contributed by atoms with Crippen LogP contribution in [-0.2, 0) is 4.79 Å². The minimum Gasteiger partial charge on any atom is -0.492 e. The summed E-state index contributed by atoms with van der Waals surface area (Å²) in [5.41, 5.74) is 2.82. The van der Waals surface area contributed by atoms with Crippen molar-refractivity contribution in [2.45, 2.75) is 6.42 Å². The Morgan fingerprint density at radius 3 is 2.88 bits per heavy atom. The zero-order chi connectivity index (χ0) is 17.9. The van der Waals surface area contributed by atoms with Crippen LogP contribution in [0.3, 0.4) is 0 Å². The van der Waals surface area contributed by atoms with Crippen LogP contribution in [0.25, 0.3) is 22.0 Å². The first-order chi connectivity index (χ1) is 12.7. The zero-order valence-corrected chi connectivity index (χ0v) is 14.4. The molecule has 0 aliphatic carbocycles.